The third-order valence-corrected chi connectivity index (χ3v) is 5.23. The van der Waals surface area contributed by atoms with Crippen LogP contribution in [-0.4, -0.2) is 5.34 Å². The number of aryl methyl sites for hydroxylation is 2. The summed E-state index contributed by atoms with van der Waals surface area (Å²) in [6, 6.07) is 5.96. The van der Waals surface area contributed by atoms with Crippen LogP contribution < -0.4 is 4.74 Å². The van der Waals surface area contributed by atoms with Crippen LogP contribution in [0.3, 0.4) is 0 Å². The van der Waals surface area contributed by atoms with E-state index in [0.29, 0.717) is 6.42 Å². The van der Waals surface area contributed by atoms with Gasteiger partial charge in [-0.2, -0.15) is 0 Å². The summed E-state index contributed by atoms with van der Waals surface area (Å²) >= 11 is 5.98. The molecule has 0 heterocycles. The minimum atomic E-state index is -2.37. The van der Waals surface area contributed by atoms with Crippen molar-refractivity contribution in [3.63, 3.8) is 0 Å². The molecule has 2 unspecified atom stereocenters. The summed E-state index contributed by atoms with van der Waals surface area (Å²) in [5.41, 5.74) is 2.06. The molecule has 1 rings (SSSR count). The van der Waals surface area contributed by atoms with E-state index in [1.165, 1.54) is 0 Å². The van der Waals surface area contributed by atoms with E-state index in [9.17, 15) is 4.57 Å². The Labute approximate surface area is 121 Å². The Hall–Kier alpha value is -0.720. The molecule has 0 aliphatic heterocycles. The number of hydrogen-bond donors (Lipinski definition) is 0. The van der Waals surface area contributed by atoms with Gasteiger partial charge in [0.05, 0.1) is 0 Å². The average Bonchev–Trinajstić information content (AvgIpc) is 2.34. The topological polar surface area (TPSA) is 26.3 Å². The summed E-state index contributed by atoms with van der Waals surface area (Å²) in [6.07, 6.45) is 5.19. The maximum absolute atomic E-state index is 12.0. The second-order valence-corrected chi connectivity index (χ2v) is 7.16. The van der Waals surface area contributed by atoms with E-state index in [1.54, 1.807) is 0 Å². The predicted octanol–water partition coefficient (Wildman–Crippen LogP) is 5.47. The van der Waals surface area contributed by atoms with Gasteiger partial charge >= 0.3 is 0 Å². The molecule has 2 nitrogen and oxygen atoms in total. The predicted molar refractivity (Wildman–Crippen MR) is 83.9 cm³/mol. The second-order valence-electron chi connectivity index (χ2n) is 4.74. The lowest BCUT2D eigenvalue weighted by molar-refractivity contribution is 0.191. The van der Waals surface area contributed by atoms with Gasteiger partial charge in [-0.3, -0.25) is 0 Å². The molecule has 0 N–H and O–H groups in total. The molecular formula is C15H22ClO2P. The third-order valence-electron chi connectivity index (χ3n) is 3.08. The van der Waals surface area contributed by atoms with Gasteiger partial charge in [0.25, 0.3) is 0 Å². The first-order chi connectivity index (χ1) is 8.96. The first-order valence-electron chi connectivity index (χ1n) is 6.56. The second kappa shape index (κ2) is 7.17. The van der Waals surface area contributed by atoms with Gasteiger partial charge in [0.2, 0.25) is 7.15 Å². The van der Waals surface area contributed by atoms with Gasteiger partial charge in [0, 0.05) is 0 Å². The van der Waals surface area contributed by atoms with Gasteiger partial charge in [-0.25, -0.2) is 0 Å². The van der Waals surface area contributed by atoms with E-state index in [1.807, 2.05) is 58.0 Å². The Bertz CT molecular complexity index is 465. The average molecular weight is 301 g/mol. The summed E-state index contributed by atoms with van der Waals surface area (Å²) in [4.78, 5) is 0. The minimum absolute atomic E-state index is 0.645. The fourth-order valence-electron chi connectivity index (χ4n) is 2.16. The van der Waals surface area contributed by atoms with Crippen molar-refractivity contribution in [2.75, 3.05) is 0 Å². The van der Waals surface area contributed by atoms with Crippen LogP contribution in [0.5, 0.6) is 5.75 Å². The number of para-hydroxylation sites is 1. The van der Waals surface area contributed by atoms with Crippen LogP contribution in [0.1, 0.15) is 37.8 Å². The molecule has 0 fully saturated rings. The van der Waals surface area contributed by atoms with Crippen molar-refractivity contribution < 1.29 is 9.30 Å². The highest BCUT2D eigenvalue weighted by atomic mass is 35.7. The highest BCUT2D eigenvalue weighted by Crippen LogP contribution is 2.49. The zero-order chi connectivity index (χ0) is 14.5. The van der Waals surface area contributed by atoms with Crippen LogP contribution in [-0.2, 0) is 4.57 Å². The maximum Gasteiger partial charge on any atom is 0.203 e. The van der Waals surface area contributed by atoms with E-state index in [2.05, 4.69) is 0 Å². The maximum atomic E-state index is 12.0. The zero-order valence-electron chi connectivity index (χ0n) is 12.0. The number of ether oxygens (including phenoxy) is 1. The lowest BCUT2D eigenvalue weighted by Gasteiger charge is -2.30. The molecule has 0 bridgehead atoms. The summed E-state index contributed by atoms with van der Waals surface area (Å²) in [7, 11) is -2.37. The monoisotopic (exact) mass is 300 g/mol. The third kappa shape index (κ3) is 3.87. The molecule has 0 aromatic heterocycles. The van der Waals surface area contributed by atoms with E-state index >= 15 is 0 Å². The number of allylic oxidation sites excluding steroid dienone is 1. The number of benzene rings is 1. The highest BCUT2D eigenvalue weighted by molar-refractivity contribution is 7.75. The van der Waals surface area contributed by atoms with Gasteiger partial charge in [0.15, 0.2) is 5.34 Å². The van der Waals surface area contributed by atoms with Crippen LogP contribution >= 0.6 is 18.4 Å². The van der Waals surface area contributed by atoms with Gasteiger partial charge in [-0.15, -0.1) is 0 Å². The lowest BCUT2D eigenvalue weighted by atomic mass is 10.1. The molecule has 0 radical (unpaired) electrons. The Balaban J connectivity index is 3.24. The molecule has 1 aromatic carbocycles. The number of hydrogen-bond acceptors (Lipinski definition) is 2. The van der Waals surface area contributed by atoms with Crippen LogP contribution in [0, 0.1) is 13.8 Å². The Morgan fingerprint density at radius 2 is 1.95 bits per heavy atom. The molecule has 1 aromatic rings. The van der Waals surface area contributed by atoms with Crippen molar-refractivity contribution in [1.29, 1.82) is 0 Å². The summed E-state index contributed by atoms with van der Waals surface area (Å²) < 4.78 is 18.2. The fourth-order valence-corrected chi connectivity index (χ4v) is 3.67. The standard InChI is InChI=1S/C15H22ClO2P/c1-5-10-15(11-6-2,19(16)17)18-14-12(3)8-7-9-13(14)4/h5,7-10,19H,6,11H2,1-4H3/b10-5-. The molecule has 0 amide bonds. The van der Waals surface area contributed by atoms with Crippen LogP contribution in [0.2, 0.25) is 0 Å². The van der Waals surface area contributed by atoms with Gasteiger partial charge in [-0.05, 0) is 44.4 Å². The van der Waals surface area contributed by atoms with Gasteiger partial charge in [-0.1, -0.05) is 48.9 Å². The summed E-state index contributed by atoms with van der Waals surface area (Å²) in [5.74, 6) is 0.785. The van der Waals surface area contributed by atoms with Gasteiger partial charge < -0.3 is 9.30 Å². The fraction of sp³-hybridized carbons (Fsp3) is 0.467. The molecule has 4 heteroatoms. The smallest absolute Gasteiger partial charge is 0.203 e. The highest BCUT2D eigenvalue weighted by Gasteiger charge is 2.35. The van der Waals surface area contributed by atoms with Crippen molar-refractivity contribution in [2.45, 2.75) is 45.9 Å². The molecule has 0 saturated heterocycles. The molecule has 0 aliphatic rings. The van der Waals surface area contributed by atoms with Crippen molar-refractivity contribution >= 4 is 18.4 Å². The lowest BCUT2D eigenvalue weighted by Crippen LogP contribution is -2.29. The molecule has 2 atom stereocenters. The van der Waals surface area contributed by atoms with E-state index < -0.39 is 12.5 Å². The van der Waals surface area contributed by atoms with Crippen molar-refractivity contribution in [2.24, 2.45) is 0 Å². The zero-order valence-corrected chi connectivity index (χ0v) is 13.8. The molecular weight excluding hydrogens is 279 g/mol. The first-order valence-corrected chi connectivity index (χ1v) is 8.98. The molecule has 0 spiro atoms. The van der Waals surface area contributed by atoms with Crippen molar-refractivity contribution in [3.8, 4) is 5.75 Å². The molecule has 19 heavy (non-hydrogen) atoms. The normalized spacial score (nSPS) is 16.3. The molecule has 106 valence electrons. The van der Waals surface area contributed by atoms with E-state index in [-0.39, 0.29) is 0 Å². The number of halogens is 1. The Morgan fingerprint density at radius 3 is 2.37 bits per heavy atom. The molecule has 0 saturated carbocycles. The summed E-state index contributed by atoms with van der Waals surface area (Å²) in [6.45, 7) is 7.90. The van der Waals surface area contributed by atoms with Gasteiger partial charge in [0.1, 0.15) is 5.75 Å². The van der Waals surface area contributed by atoms with E-state index in [4.69, 9.17) is 16.0 Å². The van der Waals surface area contributed by atoms with E-state index in [0.717, 1.165) is 23.3 Å². The molecule has 0 aliphatic carbocycles. The first kappa shape index (κ1) is 16.3. The quantitative estimate of drug-likeness (QED) is 0.514. The Kier molecular flexibility index (Phi) is 6.16. The van der Waals surface area contributed by atoms with Crippen LogP contribution in [0.4, 0.5) is 0 Å². The number of rotatable bonds is 6. The minimum Gasteiger partial charge on any atom is -0.474 e. The largest absolute Gasteiger partial charge is 0.474 e. The summed E-state index contributed by atoms with van der Waals surface area (Å²) in [5, 5.41) is -0.882. The SMILES string of the molecule is C/C=C\C(CCC)(Oc1c(C)cccc1C)[PH](=O)Cl. The Morgan fingerprint density at radius 1 is 1.37 bits per heavy atom. The van der Waals surface area contributed by atoms with Crippen molar-refractivity contribution in [1.82, 2.24) is 0 Å². The van der Waals surface area contributed by atoms with Crippen molar-refractivity contribution in [3.05, 3.63) is 41.5 Å². The van der Waals surface area contributed by atoms with Crippen LogP contribution in [0.15, 0.2) is 30.4 Å². The van der Waals surface area contributed by atoms with Crippen LogP contribution in [0.25, 0.3) is 0 Å².